The van der Waals surface area contributed by atoms with Gasteiger partial charge in [0, 0.05) is 12.6 Å². The topological polar surface area (TPSA) is 69.0 Å². The van der Waals surface area contributed by atoms with Gasteiger partial charge in [-0.1, -0.05) is 11.6 Å². The first-order chi connectivity index (χ1) is 8.29. The molecule has 102 valence electrons. The van der Waals surface area contributed by atoms with Gasteiger partial charge in [0.1, 0.15) is 0 Å². The Morgan fingerprint density at radius 1 is 1.61 bits per heavy atom. The highest BCUT2D eigenvalue weighted by atomic mass is 35.5. The van der Waals surface area contributed by atoms with Crippen LogP contribution in [0.5, 0.6) is 0 Å². The molecule has 1 aromatic heterocycles. The zero-order chi connectivity index (χ0) is 12.1. The predicted octanol–water partition coefficient (Wildman–Crippen LogP) is 1.02. The summed E-state index contributed by atoms with van der Waals surface area (Å²) in [6, 6.07) is 0.564. The highest BCUT2D eigenvalue weighted by molar-refractivity contribution is 5.86. The molecule has 1 atom stereocenters. The van der Waals surface area contributed by atoms with E-state index in [9.17, 15) is 4.79 Å². The number of nitrogens with zero attached hydrogens (tertiary/aromatic N) is 3. The molecule has 0 aromatic carbocycles. The number of aromatic nitrogens is 3. The fraction of sp³-hybridized carbons (Fsp3) is 0.727. The zero-order valence-electron chi connectivity index (χ0n) is 10.5. The molecular formula is C11H19ClN4O2. The minimum Gasteiger partial charge on any atom is -0.464 e. The number of rotatable bonds is 4. The van der Waals surface area contributed by atoms with E-state index >= 15 is 0 Å². The van der Waals surface area contributed by atoms with Crippen LogP contribution in [0.4, 0.5) is 0 Å². The molecule has 0 bridgehead atoms. The summed E-state index contributed by atoms with van der Waals surface area (Å²) in [5, 5.41) is 11.2. The van der Waals surface area contributed by atoms with Gasteiger partial charge < -0.3 is 10.1 Å². The molecule has 1 N–H and O–H groups in total. The molecule has 18 heavy (non-hydrogen) atoms. The van der Waals surface area contributed by atoms with Gasteiger partial charge in [-0.25, -0.2) is 4.79 Å². The largest absolute Gasteiger partial charge is 0.464 e. The number of nitrogens with one attached hydrogen (secondary N) is 1. The standard InChI is InChI=1S/C11H18N4O2.ClH/c1-17-11(16)10-8-15(14-13-10)7-5-9-4-2-3-6-12-9;/h8-9,12H,2-7H2,1H3;1H. The molecule has 1 fully saturated rings. The van der Waals surface area contributed by atoms with Crippen molar-refractivity contribution in [3.8, 4) is 0 Å². The lowest BCUT2D eigenvalue weighted by atomic mass is 10.0. The van der Waals surface area contributed by atoms with Gasteiger partial charge in [-0.15, -0.1) is 17.5 Å². The molecule has 7 heteroatoms. The van der Waals surface area contributed by atoms with Crippen LogP contribution in [0.2, 0.25) is 0 Å². The van der Waals surface area contributed by atoms with Gasteiger partial charge in [-0.3, -0.25) is 4.68 Å². The van der Waals surface area contributed by atoms with E-state index < -0.39 is 5.97 Å². The van der Waals surface area contributed by atoms with Crippen LogP contribution >= 0.6 is 12.4 Å². The summed E-state index contributed by atoms with van der Waals surface area (Å²) in [7, 11) is 1.34. The number of methoxy groups -OCH3 is 1. The molecule has 1 unspecified atom stereocenters. The van der Waals surface area contributed by atoms with Crippen molar-refractivity contribution in [3.63, 3.8) is 0 Å². The molecule has 2 rings (SSSR count). The van der Waals surface area contributed by atoms with E-state index in [0.717, 1.165) is 19.5 Å². The summed E-state index contributed by atoms with van der Waals surface area (Å²) in [5.74, 6) is -0.438. The number of hydrogen-bond acceptors (Lipinski definition) is 5. The molecule has 6 nitrogen and oxygen atoms in total. The fourth-order valence-electron chi connectivity index (χ4n) is 2.06. The van der Waals surface area contributed by atoms with E-state index in [0.29, 0.717) is 6.04 Å². The first-order valence-corrected chi connectivity index (χ1v) is 6.01. The molecule has 2 heterocycles. The lowest BCUT2D eigenvalue weighted by Gasteiger charge is -2.23. The number of ether oxygens (including phenoxy) is 1. The molecule has 1 aromatic rings. The van der Waals surface area contributed by atoms with Crippen molar-refractivity contribution in [3.05, 3.63) is 11.9 Å². The van der Waals surface area contributed by atoms with Gasteiger partial charge in [-0.2, -0.15) is 0 Å². The number of carbonyl (C=O) groups excluding carboxylic acids is 1. The summed E-state index contributed by atoms with van der Waals surface area (Å²) in [6.07, 6.45) is 6.44. The molecule has 0 aliphatic carbocycles. The third-order valence-corrected chi connectivity index (χ3v) is 3.05. The third kappa shape index (κ3) is 3.96. The minimum atomic E-state index is -0.438. The van der Waals surface area contributed by atoms with Crippen molar-refractivity contribution in [2.75, 3.05) is 13.7 Å². The Hall–Kier alpha value is -1.14. The van der Waals surface area contributed by atoms with Crippen LogP contribution in [-0.2, 0) is 11.3 Å². The third-order valence-electron chi connectivity index (χ3n) is 3.05. The van der Waals surface area contributed by atoms with Gasteiger partial charge in [0.05, 0.1) is 13.3 Å². The summed E-state index contributed by atoms with van der Waals surface area (Å²) in [5.41, 5.74) is 0.268. The quantitative estimate of drug-likeness (QED) is 0.830. The number of esters is 1. The lowest BCUT2D eigenvalue weighted by molar-refractivity contribution is 0.0594. The van der Waals surface area contributed by atoms with Crippen LogP contribution < -0.4 is 5.32 Å². The van der Waals surface area contributed by atoms with E-state index in [-0.39, 0.29) is 18.1 Å². The Bertz CT molecular complexity index is 377. The lowest BCUT2D eigenvalue weighted by Crippen LogP contribution is -2.34. The summed E-state index contributed by atoms with van der Waals surface area (Å²) < 4.78 is 6.27. The highest BCUT2D eigenvalue weighted by Gasteiger charge is 2.14. The van der Waals surface area contributed by atoms with Gasteiger partial charge in [0.2, 0.25) is 0 Å². The normalized spacial score (nSPS) is 19.1. The smallest absolute Gasteiger partial charge is 0.360 e. The Balaban J connectivity index is 0.00000162. The molecule has 1 aliphatic rings. The zero-order valence-corrected chi connectivity index (χ0v) is 11.3. The van der Waals surface area contributed by atoms with E-state index in [2.05, 4.69) is 20.4 Å². The van der Waals surface area contributed by atoms with Crippen molar-refractivity contribution < 1.29 is 9.53 Å². The summed E-state index contributed by atoms with van der Waals surface area (Å²) in [6.45, 7) is 1.89. The Morgan fingerprint density at radius 2 is 2.44 bits per heavy atom. The van der Waals surface area contributed by atoms with Crippen molar-refractivity contribution in [2.24, 2.45) is 0 Å². The SMILES string of the molecule is COC(=O)c1cn(CCC2CCCCN2)nn1.Cl. The minimum absolute atomic E-state index is 0. The van der Waals surface area contributed by atoms with Crippen molar-refractivity contribution in [1.82, 2.24) is 20.3 Å². The Labute approximate surface area is 112 Å². The number of piperidine rings is 1. The van der Waals surface area contributed by atoms with Crippen molar-refractivity contribution in [1.29, 1.82) is 0 Å². The van der Waals surface area contributed by atoms with Gasteiger partial charge in [-0.05, 0) is 25.8 Å². The second-order valence-corrected chi connectivity index (χ2v) is 4.29. The second kappa shape index (κ2) is 7.33. The summed E-state index contributed by atoms with van der Waals surface area (Å²) in [4.78, 5) is 11.2. The monoisotopic (exact) mass is 274 g/mol. The molecule has 0 amide bonds. The average molecular weight is 275 g/mol. The van der Waals surface area contributed by atoms with Crippen molar-refractivity contribution in [2.45, 2.75) is 38.3 Å². The maximum absolute atomic E-state index is 11.2. The second-order valence-electron chi connectivity index (χ2n) is 4.29. The first-order valence-electron chi connectivity index (χ1n) is 6.01. The molecule has 1 saturated heterocycles. The Kier molecular flexibility index (Phi) is 6.07. The van der Waals surface area contributed by atoms with E-state index in [1.165, 1.54) is 26.4 Å². The predicted molar refractivity (Wildman–Crippen MR) is 68.9 cm³/mol. The van der Waals surface area contributed by atoms with Gasteiger partial charge in [0.15, 0.2) is 5.69 Å². The highest BCUT2D eigenvalue weighted by Crippen LogP contribution is 2.10. The number of carbonyl (C=O) groups is 1. The molecular weight excluding hydrogens is 256 g/mol. The Morgan fingerprint density at radius 3 is 3.11 bits per heavy atom. The average Bonchev–Trinajstić information content (AvgIpc) is 2.85. The molecule has 0 radical (unpaired) electrons. The maximum atomic E-state index is 11.2. The van der Waals surface area contributed by atoms with Gasteiger partial charge >= 0.3 is 5.97 Å². The van der Waals surface area contributed by atoms with E-state index in [1.807, 2.05) is 0 Å². The van der Waals surface area contributed by atoms with E-state index in [1.54, 1.807) is 10.9 Å². The van der Waals surface area contributed by atoms with Crippen LogP contribution in [0.15, 0.2) is 6.20 Å². The van der Waals surface area contributed by atoms with Crippen LogP contribution in [0, 0.1) is 0 Å². The van der Waals surface area contributed by atoms with Crippen LogP contribution in [0.1, 0.15) is 36.2 Å². The molecule has 0 spiro atoms. The number of aryl methyl sites for hydroxylation is 1. The van der Waals surface area contributed by atoms with Crippen LogP contribution in [-0.4, -0.2) is 40.7 Å². The number of halogens is 1. The summed E-state index contributed by atoms with van der Waals surface area (Å²) >= 11 is 0. The van der Waals surface area contributed by atoms with Gasteiger partial charge in [0.25, 0.3) is 0 Å². The maximum Gasteiger partial charge on any atom is 0.360 e. The van der Waals surface area contributed by atoms with E-state index in [4.69, 9.17) is 0 Å². The molecule has 1 aliphatic heterocycles. The number of hydrogen-bond donors (Lipinski definition) is 1. The van der Waals surface area contributed by atoms with Crippen LogP contribution in [0.3, 0.4) is 0 Å². The van der Waals surface area contributed by atoms with Crippen molar-refractivity contribution >= 4 is 18.4 Å². The van der Waals surface area contributed by atoms with Crippen LogP contribution in [0.25, 0.3) is 0 Å². The molecule has 0 saturated carbocycles. The first kappa shape index (κ1) is 14.9. The fourth-order valence-corrected chi connectivity index (χ4v) is 2.06.